The first kappa shape index (κ1) is 13.7. The predicted molar refractivity (Wildman–Crippen MR) is 77.9 cm³/mol. The highest BCUT2D eigenvalue weighted by Gasteiger charge is 2.09. The van der Waals surface area contributed by atoms with Gasteiger partial charge in [0.15, 0.2) is 0 Å². The summed E-state index contributed by atoms with van der Waals surface area (Å²) in [5, 5.41) is 3.27. The van der Waals surface area contributed by atoms with Gasteiger partial charge in [-0.05, 0) is 40.8 Å². The Morgan fingerprint density at radius 2 is 2.25 bits per heavy atom. The largest absolute Gasteiger partial charge is 0.393 e. The predicted octanol–water partition coefficient (Wildman–Crippen LogP) is 2.35. The summed E-state index contributed by atoms with van der Waals surface area (Å²) in [4.78, 5) is 12.1. The molecular weight excluding hydrogens is 359 g/mol. The van der Waals surface area contributed by atoms with Crippen molar-refractivity contribution in [1.29, 1.82) is 0 Å². The Labute approximate surface area is 118 Å². The van der Waals surface area contributed by atoms with Crippen LogP contribution in [0.1, 0.15) is 16.8 Å². The Bertz CT molecular complexity index is 425. The highest BCUT2D eigenvalue weighted by molar-refractivity contribution is 14.1. The average molecular weight is 369 g/mol. The van der Waals surface area contributed by atoms with Crippen molar-refractivity contribution in [2.75, 3.05) is 6.54 Å². The quantitative estimate of drug-likeness (QED) is 0.634. The number of hydrogen-bond acceptors (Lipinski definition) is 2. The molecule has 0 aliphatic carbocycles. The van der Waals surface area contributed by atoms with E-state index in [9.17, 15) is 4.79 Å². The molecule has 0 atom stereocenters. The summed E-state index contributed by atoms with van der Waals surface area (Å²) in [6.45, 7) is 0.441. The molecule has 0 aromatic heterocycles. The van der Waals surface area contributed by atoms with E-state index in [1.165, 1.54) is 0 Å². The summed E-state index contributed by atoms with van der Waals surface area (Å²) in [6.07, 6.45) is 0.498. The van der Waals surface area contributed by atoms with Crippen molar-refractivity contribution in [2.24, 2.45) is 5.73 Å². The molecule has 0 unspecified atom stereocenters. The number of rotatable bonds is 4. The molecule has 0 fully saturated rings. The van der Waals surface area contributed by atoms with Crippen LogP contribution in [0, 0.1) is 3.57 Å². The summed E-state index contributed by atoms with van der Waals surface area (Å²) in [5.41, 5.74) is 5.89. The lowest BCUT2D eigenvalue weighted by Gasteiger charge is -2.06. The monoisotopic (exact) mass is 368 g/mol. The van der Waals surface area contributed by atoms with E-state index in [-0.39, 0.29) is 5.91 Å². The lowest BCUT2D eigenvalue weighted by atomic mass is 10.2. The van der Waals surface area contributed by atoms with Crippen molar-refractivity contribution in [1.82, 2.24) is 5.32 Å². The van der Waals surface area contributed by atoms with Gasteiger partial charge in [-0.15, -0.1) is 0 Å². The van der Waals surface area contributed by atoms with Crippen molar-refractivity contribution >= 4 is 57.3 Å². The minimum absolute atomic E-state index is 0.164. The van der Waals surface area contributed by atoms with Crippen LogP contribution in [0.2, 0.25) is 5.02 Å². The SMILES string of the molecule is NC(=S)CCNC(=O)c1cc(Cl)ccc1I. The normalized spacial score (nSPS) is 9.88. The van der Waals surface area contributed by atoms with Gasteiger partial charge in [0.2, 0.25) is 0 Å². The van der Waals surface area contributed by atoms with E-state index in [1.54, 1.807) is 18.2 Å². The van der Waals surface area contributed by atoms with E-state index < -0.39 is 0 Å². The van der Waals surface area contributed by atoms with Crippen LogP contribution >= 0.6 is 46.4 Å². The molecule has 0 aliphatic heterocycles. The van der Waals surface area contributed by atoms with E-state index in [1.807, 2.05) is 0 Å². The summed E-state index contributed by atoms with van der Waals surface area (Å²) in [5.74, 6) is -0.164. The third kappa shape index (κ3) is 4.23. The van der Waals surface area contributed by atoms with E-state index in [0.29, 0.717) is 28.5 Å². The highest BCUT2D eigenvalue weighted by Crippen LogP contribution is 2.17. The minimum Gasteiger partial charge on any atom is -0.393 e. The molecule has 0 bridgehead atoms. The number of thiocarbonyl (C=S) groups is 1. The molecule has 1 rings (SSSR count). The summed E-state index contributed by atoms with van der Waals surface area (Å²) in [7, 11) is 0. The molecule has 86 valence electrons. The maximum Gasteiger partial charge on any atom is 0.252 e. The summed E-state index contributed by atoms with van der Waals surface area (Å²) >= 11 is 12.6. The first-order valence-corrected chi connectivity index (χ1v) is 6.38. The van der Waals surface area contributed by atoms with Gasteiger partial charge in [0, 0.05) is 21.6 Å². The molecule has 3 N–H and O–H groups in total. The Kier molecular flexibility index (Phi) is 5.43. The van der Waals surface area contributed by atoms with Gasteiger partial charge in [-0.1, -0.05) is 23.8 Å². The first-order chi connectivity index (χ1) is 7.50. The van der Waals surface area contributed by atoms with Gasteiger partial charge < -0.3 is 11.1 Å². The number of halogens is 2. The molecular formula is C10H10ClIN2OS. The Morgan fingerprint density at radius 3 is 2.88 bits per heavy atom. The second-order valence-electron chi connectivity index (χ2n) is 3.10. The molecule has 0 radical (unpaired) electrons. The molecule has 0 spiro atoms. The number of amides is 1. The van der Waals surface area contributed by atoms with Crippen LogP contribution in [-0.2, 0) is 0 Å². The van der Waals surface area contributed by atoms with Crippen LogP contribution in [-0.4, -0.2) is 17.4 Å². The minimum atomic E-state index is -0.164. The zero-order valence-corrected chi connectivity index (χ0v) is 12.0. The molecule has 0 saturated heterocycles. The molecule has 3 nitrogen and oxygen atoms in total. The van der Waals surface area contributed by atoms with Crippen LogP contribution < -0.4 is 11.1 Å². The van der Waals surface area contributed by atoms with Crippen LogP contribution in [0.25, 0.3) is 0 Å². The standard InChI is InChI=1S/C10H10ClIN2OS/c11-6-1-2-8(12)7(5-6)10(15)14-4-3-9(13)16/h1-2,5H,3-4H2,(H2,13,16)(H,14,15). The molecule has 0 aliphatic rings. The van der Waals surface area contributed by atoms with E-state index in [4.69, 9.17) is 29.6 Å². The smallest absolute Gasteiger partial charge is 0.252 e. The second kappa shape index (κ2) is 6.36. The van der Waals surface area contributed by atoms with Gasteiger partial charge in [0.05, 0.1) is 10.6 Å². The third-order valence-corrected chi connectivity index (χ3v) is 3.21. The lowest BCUT2D eigenvalue weighted by molar-refractivity contribution is 0.0954. The Morgan fingerprint density at radius 1 is 1.56 bits per heavy atom. The molecule has 16 heavy (non-hydrogen) atoms. The average Bonchev–Trinajstić information content (AvgIpc) is 2.21. The fourth-order valence-electron chi connectivity index (χ4n) is 1.07. The number of carbonyl (C=O) groups is 1. The summed E-state index contributed by atoms with van der Waals surface area (Å²) < 4.78 is 0.856. The topological polar surface area (TPSA) is 55.1 Å². The Balaban J connectivity index is 2.65. The van der Waals surface area contributed by atoms with Gasteiger partial charge in [0.25, 0.3) is 5.91 Å². The number of hydrogen-bond donors (Lipinski definition) is 2. The second-order valence-corrected chi connectivity index (χ2v) is 5.22. The van der Waals surface area contributed by atoms with E-state index in [0.717, 1.165) is 3.57 Å². The van der Waals surface area contributed by atoms with Crippen molar-refractivity contribution in [2.45, 2.75) is 6.42 Å². The zero-order chi connectivity index (χ0) is 12.1. The van der Waals surface area contributed by atoms with Crippen LogP contribution in [0.4, 0.5) is 0 Å². The Hall–Kier alpha value is -0.400. The van der Waals surface area contributed by atoms with E-state index >= 15 is 0 Å². The third-order valence-electron chi connectivity index (χ3n) is 1.83. The molecule has 1 aromatic carbocycles. The lowest BCUT2D eigenvalue weighted by Crippen LogP contribution is -2.27. The molecule has 6 heteroatoms. The van der Waals surface area contributed by atoms with Gasteiger partial charge in [-0.25, -0.2) is 0 Å². The van der Waals surface area contributed by atoms with E-state index in [2.05, 4.69) is 27.9 Å². The molecule has 0 heterocycles. The van der Waals surface area contributed by atoms with Gasteiger partial charge in [0.1, 0.15) is 0 Å². The van der Waals surface area contributed by atoms with Gasteiger partial charge in [-0.3, -0.25) is 4.79 Å². The van der Waals surface area contributed by atoms with Crippen molar-refractivity contribution in [3.8, 4) is 0 Å². The fraction of sp³-hybridized carbons (Fsp3) is 0.200. The number of benzene rings is 1. The van der Waals surface area contributed by atoms with Gasteiger partial charge in [-0.2, -0.15) is 0 Å². The van der Waals surface area contributed by atoms with Crippen molar-refractivity contribution < 1.29 is 4.79 Å². The zero-order valence-electron chi connectivity index (χ0n) is 8.30. The van der Waals surface area contributed by atoms with Crippen LogP contribution in [0.5, 0.6) is 0 Å². The maximum atomic E-state index is 11.7. The molecule has 0 saturated carbocycles. The van der Waals surface area contributed by atoms with Crippen LogP contribution in [0.3, 0.4) is 0 Å². The molecule has 1 aromatic rings. The number of nitrogens with one attached hydrogen (secondary N) is 1. The molecule has 1 amide bonds. The number of carbonyl (C=O) groups excluding carboxylic acids is 1. The van der Waals surface area contributed by atoms with Crippen LogP contribution in [0.15, 0.2) is 18.2 Å². The fourth-order valence-corrected chi connectivity index (χ4v) is 1.92. The highest BCUT2D eigenvalue weighted by atomic mass is 127. The summed E-state index contributed by atoms with van der Waals surface area (Å²) in [6, 6.07) is 5.18. The van der Waals surface area contributed by atoms with Gasteiger partial charge >= 0.3 is 0 Å². The van der Waals surface area contributed by atoms with Crippen molar-refractivity contribution in [3.63, 3.8) is 0 Å². The number of nitrogens with two attached hydrogens (primary N) is 1. The maximum absolute atomic E-state index is 11.7. The van der Waals surface area contributed by atoms with Crippen molar-refractivity contribution in [3.05, 3.63) is 32.4 Å². The first-order valence-electron chi connectivity index (χ1n) is 4.52.